The first-order chi connectivity index (χ1) is 22.6. The molecule has 2 heterocycles. The third-order valence-corrected chi connectivity index (χ3v) is 8.24. The van der Waals surface area contributed by atoms with E-state index in [0.29, 0.717) is 33.6 Å². The van der Waals surface area contributed by atoms with Crippen LogP contribution >= 0.6 is 23.2 Å². The molecule has 1 aromatic heterocycles. The Bertz CT molecular complexity index is 1920. The van der Waals surface area contributed by atoms with Gasteiger partial charge in [0.1, 0.15) is 0 Å². The number of nitrogens with one attached hydrogen (secondary N) is 3. The first-order valence-electron chi connectivity index (χ1n) is 14.7. The van der Waals surface area contributed by atoms with Crippen molar-refractivity contribution in [3.63, 3.8) is 0 Å². The molecule has 0 saturated heterocycles. The largest absolute Gasteiger partial charge is 0.493 e. The summed E-state index contributed by atoms with van der Waals surface area (Å²) in [6.07, 6.45) is 1.61. The van der Waals surface area contributed by atoms with Gasteiger partial charge in [0, 0.05) is 44.4 Å². The van der Waals surface area contributed by atoms with E-state index in [0.717, 1.165) is 27.7 Å². The van der Waals surface area contributed by atoms with Crippen molar-refractivity contribution in [1.29, 1.82) is 0 Å². The summed E-state index contributed by atoms with van der Waals surface area (Å²) in [5.74, 6) is -0.453. The molecule has 3 N–H and O–H groups in total. The van der Waals surface area contributed by atoms with Crippen LogP contribution in [0.2, 0.25) is 10.0 Å². The molecule has 0 spiro atoms. The second-order valence-electron chi connectivity index (χ2n) is 10.6. The molecule has 0 saturated carbocycles. The van der Waals surface area contributed by atoms with E-state index in [-0.39, 0.29) is 24.5 Å². The van der Waals surface area contributed by atoms with E-state index >= 15 is 0 Å². The van der Waals surface area contributed by atoms with Crippen LogP contribution in [-0.4, -0.2) is 49.0 Å². The fourth-order valence-corrected chi connectivity index (χ4v) is 5.86. The Kier molecular flexibility index (Phi) is 10.4. The maximum Gasteiger partial charge on any atom is 0.338 e. The van der Waals surface area contributed by atoms with Gasteiger partial charge in [-0.1, -0.05) is 53.5 Å². The number of hydrazone groups is 1. The number of para-hydroxylation sites is 1. The van der Waals surface area contributed by atoms with Crippen LogP contribution in [0.5, 0.6) is 11.5 Å². The molecule has 244 valence electrons. The molecule has 0 bridgehead atoms. The number of ether oxygens (including phenoxy) is 3. The van der Waals surface area contributed by atoms with Gasteiger partial charge in [0.05, 0.1) is 31.5 Å². The van der Waals surface area contributed by atoms with Crippen LogP contribution in [-0.2, 0) is 20.9 Å². The van der Waals surface area contributed by atoms with Crippen molar-refractivity contribution in [1.82, 2.24) is 20.6 Å². The third kappa shape index (κ3) is 7.37. The molecule has 0 aliphatic carbocycles. The number of hydrogen-bond acceptors (Lipinski definition) is 7. The van der Waals surface area contributed by atoms with E-state index in [2.05, 4.69) is 25.7 Å². The molecule has 0 unspecified atom stereocenters. The van der Waals surface area contributed by atoms with Gasteiger partial charge >= 0.3 is 12.0 Å². The molecular weight excluding hydrogens is 645 g/mol. The summed E-state index contributed by atoms with van der Waals surface area (Å²) in [4.78, 5) is 37.6. The van der Waals surface area contributed by atoms with Crippen LogP contribution in [0, 0.1) is 6.92 Å². The van der Waals surface area contributed by atoms with Crippen molar-refractivity contribution >= 4 is 58.2 Å². The van der Waals surface area contributed by atoms with Crippen LogP contribution in [0.25, 0.3) is 10.9 Å². The molecule has 0 fully saturated rings. The van der Waals surface area contributed by atoms with E-state index in [4.69, 9.17) is 37.4 Å². The van der Waals surface area contributed by atoms with Crippen molar-refractivity contribution < 1.29 is 28.6 Å². The average molecular weight is 679 g/mol. The molecule has 1 aliphatic heterocycles. The van der Waals surface area contributed by atoms with Gasteiger partial charge in [-0.2, -0.15) is 5.10 Å². The number of nitrogens with zero attached hydrogens (tertiary/aromatic N) is 2. The smallest absolute Gasteiger partial charge is 0.338 e. The lowest BCUT2D eigenvalue weighted by molar-refractivity contribution is -0.139. The van der Waals surface area contributed by atoms with Crippen molar-refractivity contribution in [2.24, 2.45) is 5.10 Å². The lowest BCUT2D eigenvalue weighted by Gasteiger charge is -2.28. The highest BCUT2D eigenvalue weighted by atomic mass is 35.5. The predicted molar refractivity (Wildman–Crippen MR) is 180 cm³/mol. The standard InChI is InChI=1S/C34H33Cl2N5O6/c1-5-46-33(43)31-19(2)38-34(44)39-32(31)21-11-13-28(29(14-21)45-4)47-18-30(42)40-37-16-25-20(3)41(27-9-7-6-8-24(25)27)17-22-10-12-23(35)15-26(22)36/h6-16,32H,5,17-18H2,1-4H3,(H,40,42)(H2,38,39,44)/b37-16+/t32-/m0/s1. The van der Waals surface area contributed by atoms with Gasteiger partial charge in [0.2, 0.25) is 0 Å². The molecule has 11 nitrogen and oxygen atoms in total. The topological polar surface area (TPSA) is 132 Å². The number of amides is 3. The van der Waals surface area contributed by atoms with E-state index in [9.17, 15) is 14.4 Å². The van der Waals surface area contributed by atoms with E-state index in [1.807, 2.05) is 43.3 Å². The highest BCUT2D eigenvalue weighted by Crippen LogP contribution is 2.35. The van der Waals surface area contributed by atoms with Crippen LogP contribution in [0.3, 0.4) is 0 Å². The van der Waals surface area contributed by atoms with Crippen LogP contribution in [0.4, 0.5) is 4.79 Å². The van der Waals surface area contributed by atoms with Gasteiger partial charge in [0.25, 0.3) is 5.91 Å². The SMILES string of the molecule is CCOC(=O)C1=C(C)NC(=O)N[C@H]1c1ccc(OCC(=O)N/N=C/c2c(C)n(Cc3ccc(Cl)cc3Cl)c3ccccc23)c(OC)c1. The number of esters is 1. The molecule has 4 aromatic rings. The zero-order valence-corrected chi connectivity index (χ0v) is 27.7. The summed E-state index contributed by atoms with van der Waals surface area (Å²) in [5.41, 5.74) is 7.44. The molecular formula is C34H33Cl2N5O6. The molecule has 13 heteroatoms. The Morgan fingerprint density at radius 1 is 1.06 bits per heavy atom. The van der Waals surface area contributed by atoms with Gasteiger partial charge in [-0.15, -0.1) is 0 Å². The van der Waals surface area contributed by atoms with Gasteiger partial charge in [-0.3, -0.25) is 4.79 Å². The molecule has 1 atom stereocenters. The molecule has 47 heavy (non-hydrogen) atoms. The Hall–Kier alpha value is -5.00. The summed E-state index contributed by atoms with van der Waals surface area (Å²) in [7, 11) is 1.45. The molecule has 3 amide bonds. The van der Waals surface area contributed by atoms with Crippen LogP contribution < -0.4 is 25.5 Å². The summed E-state index contributed by atoms with van der Waals surface area (Å²) in [6.45, 7) is 5.68. The van der Waals surface area contributed by atoms with Crippen molar-refractivity contribution in [3.8, 4) is 11.5 Å². The number of halogens is 2. The number of carbonyl (C=O) groups is 3. The molecule has 3 aromatic carbocycles. The second-order valence-corrected chi connectivity index (χ2v) is 11.5. The van der Waals surface area contributed by atoms with Gasteiger partial charge in [-0.25, -0.2) is 15.0 Å². The number of urea groups is 1. The third-order valence-electron chi connectivity index (χ3n) is 7.65. The fraction of sp³-hybridized carbons (Fsp3) is 0.235. The van der Waals surface area contributed by atoms with E-state index in [1.54, 1.807) is 44.3 Å². The number of aromatic nitrogens is 1. The summed E-state index contributed by atoms with van der Waals surface area (Å²) < 4.78 is 18.6. The number of allylic oxidation sites excluding steroid dienone is 1. The molecule has 5 rings (SSSR count). The van der Waals surface area contributed by atoms with Gasteiger partial charge < -0.3 is 29.4 Å². The van der Waals surface area contributed by atoms with Crippen molar-refractivity contribution in [2.75, 3.05) is 20.3 Å². The zero-order chi connectivity index (χ0) is 33.7. The monoisotopic (exact) mass is 677 g/mol. The Morgan fingerprint density at radius 3 is 2.60 bits per heavy atom. The Balaban J connectivity index is 1.27. The highest BCUT2D eigenvalue weighted by molar-refractivity contribution is 6.35. The molecule has 1 aliphatic rings. The van der Waals surface area contributed by atoms with Crippen LogP contribution in [0.1, 0.15) is 42.3 Å². The number of hydrogen-bond donors (Lipinski definition) is 3. The predicted octanol–water partition coefficient (Wildman–Crippen LogP) is 6.03. The number of fused-ring (bicyclic) bond motifs is 1. The second kappa shape index (κ2) is 14.6. The summed E-state index contributed by atoms with van der Waals surface area (Å²) in [5, 5.41) is 11.7. The fourth-order valence-electron chi connectivity index (χ4n) is 5.40. The molecule has 0 radical (unpaired) electrons. The number of carbonyl (C=O) groups excluding carboxylic acids is 3. The quantitative estimate of drug-likeness (QED) is 0.101. The minimum Gasteiger partial charge on any atom is -0.493 e. The zero-order valence-electron chi connectivity index (χ0n) is 26.1. The maximum absolute atomic E-state index is 12.7. The Morgan fingerprint density at radius 2 is 1.85 bits per heavy atom. The van der Waals surface area contributed by atoms with Gasteiger partial charge in [0.15, 0.2) is 18.1 Å². The number of benzene rings is 3. The highest BCUT2D eigenvalue weighted by Gasteiger charge is 2.32. The van der Waals surface area contributed by atoms with Crippen LogP contribution in [0.15, 0.2) is 77.0 Å². The first-order valence-corrected chi connectivity index (χ1v) is 15.5. The minimum absolute atomic E-state index is 0.182. The first kappa shape index (κ1) is 33.4. The van der Waals surface area contributed by atoms with E-state index in [1.165, 1.54) is 7.11 Å². The van der Waals surface area contributed by atoms with Crippen molar-refractivity contribution in [2.45, 2.75) is 33.4 Å². The summed E-state index contributed by atoms with van der Waals surface area (Å²) >= 11 is 12.5. The van der Waals surface area contributed by atoms with Gasteiger partial charge in [-0.05, 0) is 62.2 Å². The normalized spacial score (nSPS) is 14.6. The maximum atomic E-state index is 12.7. The lowest BCUT2D eigenvalue weighted by atomic mass is 9.95. The Labute approximate surface area is 281 Å². The van der Waals surface area contributed by atoms with E-state index < -0.39 is 23.9 Å². The average Bonchev–Trinajstić information content (AvgIpc) is 3.30. The minimum atomic E-state index is -0.777. The van der Waals surface area contributed by atoms with Crippen molar-refractivity contribution in [3.05, 3.63) is 104 Å². The summed E-state index contributed by atoms with van der Waals surface area (Å²) in [6, 6.07) is 17.0. The number of methoxy groups -OCH3 is 1. The lowest BCUT2D eigenvalue weighted by Crippen LogP contribution is -2.45. The number of rotatable bonds is 11.